The van der Waals surface area contributed by atoms with Crippen LogP contribution in [0.1, 0.15) is 12.5 Å². The Kier molecular flexibility index (Phi) is 5.25. The van der Waals surface area contributed by atoms with E-state index < -0.39 is 16.7 Å². The van der Waals surface area contributed by atoms with Crippen LogP contribution in [0.15, 0.2) is 54.7 Å². The van der Waals surface area contributed by atoms with E-state index in [1.165, 1.54) is 12.1 Å². The molecule has 1 heterocycles. The van der Waals surface area contributed by atoms with Crippen LogP contribution in [0, 0.1) is 10.1 Å². The standard InChI is InChI=1S/C19H14F3N3O3/c1-2-28-15-9-5-13(6-10-15)18-23-11-16(19(20,21)22)17(24-18)12-3-7-14(8-4-12)25(26)27/h3-11H,2H2,1H3. The molecule has 0 unspecified atom stereocenters. The first kappa shape index (κ1) is 19.3. The molecule has 0 aliphatic rings. The molecular formula is C19H14F3N3O3. The normalized spacial score (nSPS) is 11.3. The van der Waals surface area contributed by atoms with Crippen LogP contribution in [0.25, 0.3) is 22.6 Å². The van der Waals surface area contributed by atoms with E-state index in [0.29, 0.717) is 17.9 Å². The van der Waals surface area contributed by atoms with Crippen molar-refractivity contribution in [1.29, 1.82) is 0 Å². The highest BCUT2D eigenvalue weighted by Crippen LogP contribution is 2.37. The number of hydrogen-bond acceptors (Lipinski definition) is 5. The van der Waals surface area contributed by atoms with Gasteiger partial charge in [-0.25, -0.2) is 9.97 Å². The second kappa shape index (κ2) is 7.63. The lowest BCUT2D eigenvalue weighted by Crippen LogP contribution is -2.10. The summed E-state index contributed by atoms with van der Waals surface area (Å²) in [6.07, 6.45) is -3.95. The van der Waals surface area contributed by atoms with Crippen molar-refractivity contribution in [3.05, 3.63) is 70.4 Å². The lowest BCUT2D eigenvalue weighted by Gasteiger charge is -2.13. The van der Waals surface area contributed by atoms with Gasteiger partial charge < -0.3 is 4.74 Å². The Morgan fingerprint density at radius 3 is 2.18 bits per heavy atom. The molecule has 3 aromatic rings. The third-order valence-corrected chi connectivity index (χ3v) is 3.87. The highest BCUT2D eigenvalue weighted by atomic mass is 19.4. The van der Waals surface area contributed by atoms with Gasteiger partial charge in [0, 0.05) is 29.5 Å². The first-order valence-corrected chi connectivity index (χ1v) is 8.22. The molecule has 0 saturated carbocycles. The third kappa shape index (κ3) is 4.08. The topological polar surface area (TPSA) is 78.2 Å². The van der Waals surface area contributed by atoms with Crippen molar-refractivity contribution in [2.75, 3.05) is 6.61 Å². The second-order valence-electron chi connectivity index (χ2n) is 5.72. The van der Waals surface area contributed by atoms with E-state index in [1.807, 2.05) is 6.92 Å². The number of hydrogen-bond donors (Lipinski definition) is 0. The van der Waals surface area contributed by atoms with Crippen molar-refractivity contribution in [3.8, 4) is 28.4 Å². The number of alkyl halides is 3. The zero-order valence-corrected chi connectivity index (χ0v) is 14.6. The number of nitro groups is 1. The van der Waals surface area contributed by atoms with Crippen molar-refractivity contribution in [1.82, 2.24) is 9.97 Å². The maximum atomic E-state index is 13.4. The summed E-state index contributed by atoms with van der Waals surface area (Å²) in [4.78, 5) is 18.1. The molecule has 0 amide bonds. The first-order chi connectivity index (χ1) is 13.3. The van der Waals surface area contributed by atoms with Gasteiger partial charge in [-0.2, -0.15) is 13.2 Å². The lowest BCUT2D eigenvalue weighted by molar-refractivity contribution is -0.384. The van der Waals surface area contributed by atoms with E-state index >= 15 is 0 Å². The van der Waals surface area contributed by atoms with E-state index in [0.717, 1.165) is 18.3 Å². The van der Waals surface area contributed by atoms with Gasteiger partial charge in [0.15, 0.2) is 5.82 Å². The van der Waals surface area contributed by atoms with E-state index in [1.54, 1.807) is 24.3 Å². The Balaban J connectivity index is 2.08. The van der Waals surface area contributed by atoms with Crippen LogP contribution in [0.3, 0.4) is 0 Å². The minimum atomic E-state index is -4.67. The molecule has 28 heavy (non-hydrogen) atoms. The van der Waals surface area contributed by atoms with Crippen molar-refractivity contribution < 1.29 is 22.8 Å². The molecule has 0 bridgehead atoms. The minimum Gasteiger partial charge on any atom is -0.494 e. The second-order valence-corrected chi connectivity index (χ2v) is 5.72. The van der Waals surface area contributed by atoms with Gasteiger partial charge in [0.1, 0.15) is 11.3 Å². The highest BCUT2D eigenvalue weighted by molar-refractivity contribution is 5.68. The summed E-state index contributed by atoms with van der Waals surface area (Å²) in [5.74, 6) is 0.721. The van der Waals surface area contributed by atoms with Gasteiger partial charge in [-0.05, 0) is 43.3 Å². The SMILES string of the molecule is CCOc1ccc(-c2ncc(C(F)(F)F)c(-c3ccc([N+](=O)[O-])cc3)n2)cc1. The van der Waals surface area contributed by atoms with Crippen molar-refractivity contribution in [2.24, 2.45) is 0 Å². The summed E-state index contributed by atoms with van der Waals surface area (Å²) in [6, 6.07) is 11.4. The predicted octanol–water partition coefficient (Wildman–Crippen LogP) is 5.14. The number of nitrogens with zero attached hydrogens (tertiary/aromatic N) is 3. The molecular weight excluding hydrogens is 375 g/mol. The van der Waals surface area contributed by atoms with Crippen molar-refractivity contribution in [3.63, 3.8) is 0 Å². The predicted molar refractivity (Wildman–Crippen MR) is 95.7 cm³/mol. The summed E-state index contributed by atoms with van der Waals surface area (Å²) >= 11 is 0. The molecule has 1 aromatic heterocycles. The maximum Gasteiger partial charge on any atom is 0.419 e. The largest absolute Gasteiger partial charge is 0.494 e. The molecule has 144 valence electrons. The molecule has 0 aliphatic heterocycles. The Morgan fingerprint density at radius 2 is 1.64 bits per heavy atom. The molecule has 0 N–H and O–H groups in total. The number of nitro benzene ring substituents is 1. The number of ether oxygens (including phenoxy) is 1. The number of aromatic nitrogens is 2. The fourth-order valence-corrected chi connectivity index (χ4v) is 2.56. The fourth-order valence-electron chi connectivity index (χ4n) is 2.56. The molecule has 6 nitrogen and oxygen atoms in total. The summed E-state index contributed by atoms with van der Waals surface area (Å²) < 4.78 is 45.6. The van der Waals surface area contributed by atoms with E-state index in [4.69, 9.17) is 4.74 Å². The van der Waals surface area contributed by atoms with Crippen LogP contribution in [0.2, 0.25) is 0 Å². The Morgan fingerprint density at radius 1 is 1.04 bits per heavy atom. The Labute approximate surface area is 157 Å². The number of rotatable bonds is 5. The minimum absolute atomic E-state index is 0.101. The van der Waals surface area contributed by atoms with E-state index in [9.17, 15) is 23.3 Å². The van der Waals surface area contributed by atoms with E-state index in [-0.39, 0.29) is 22.8 Å². The number of non-ortho nitro benzene ring substituents is 1. The van der Waals surface area contributed by atoms with Crippen LogP contribution in [0.5, 0.6) is 5.75 Å². The Hall–Kier alpha value is -3.49. The number of benzene rings is 2. The molecule has 0 atom stereocenters. The average molecular weight is 389 g/mol. The van der Waals surface area contributed by atoms with Gasteiger partial charge in [0.25, 0.3) is 5.69 Å². The molecule has 9 heteroatoms. The van der Waals surface area contributed by atoms with Gasteiger partial charge in [-0.3, -0.25) is 10.1 Å². The Bertz CT molecular complexity index is 988. The van der Waals surface area contributed by atoms with Crippen LogP contribution in [-0.2, 0) is 6.18 Å². The van der Waals surface area contributed by atoms with Crippen LogP contribution in [-0.4, -0.2) is 21.5 Å². The van der Waals surface area contributed by atoms with Gasteiger partial charge >= 0.3 is 6.18 Å². The molecule has 2 aromatic carbocycles. The first-order valence-electron chi connectivity index (χ1n) is 8.22. The lowest BCUT2D eigenvalue weighted by atomic mass is 10.1. The van der Waals surface area contributed by atoms with Gasteiger partial charge in [-0.1, -0.05) is 0 Å². The third-order valence-electron chi connectivity index (χ3n) is 3.87. The molecule has 0 fully saturated rings. The smallest absolute Gasteiger partial charge is 0.419 e. The summed E-state index contributed by atoms with van der Waals surface area (Å²) in [5, 5.41) is 10.8. The van der Waals surface area contributed by atoms with Gasteiger partial charge in [0.05, 0.1) is 17.2 Å². The molecule has 0 radical (unpaired) electrons. The summed E-state index contributed by atoms with van der Waals surface area (Å²) in [5.41, 5.74) is -0.969. The molecule has 0 aliphatic carbocycles. The molecule has 0 saturated heterocycles. The molecule has 0 spiro atoms. The van der Waals surface area contributed by atoms with Gasteiger partial charge in [-0.15, -0.1) is 0 Å². The van der Waals surface area contributed by atoms with Crippen LogP contribution < -0.4 is 4.74 Å². The zero-order valence-electron chi connectivity index (χ0n) is 14.6. The highest BCUT2D eigenvalue weighted by Gasteiger charge is 2.35. The monoisotopic (exact) mass is 389 g/mol. The summed E-state index contributed by atoms with van der Waals surface area (Å²) in [7, 11) is 0. The summed E-state index contributed by atoms with van der Waals surface area (Å²) in [6.45, 7) is 2.32. The average Bonchev–Trinajstić information content (AvgIpc) is 2.68. The van der Waals surface area contributed by atoms with Crippen LogP contribution in [0.4, 0.5) is 18.9 Å². The fraction of sp³-hybridized carbons (Fsp3) is 0.158. The quantitative estimate of drug-likeness (QED) is 0.446. The van der Waals surface area contributed by atoms with E-state index in [2.05, 4.69) is 9.97 Å². The maximum absolute atomic E-state index is 13.4. The van der Waals surface area contributed by atoms with Gasteiger partial charge in [0.2, 0.25) is 0 Å². The zero-order chi connectivity index (χ0) is 20.3. The van der Waals surface area contributed by atoms with Crippen molar-refractivity contribution in [2.45, 2.75) is 13.1 Å². The van der Waals surface area contributed by atoms with Crippen molar-refractivity contribution >= 4 is 5.69 Å². The van der Waals surface area contributed by atoms with Crippen LogP contribution >= 0.6 is 0 Å². The molecule has 3 rings (SSSR count). The number of halogens is 3.